The molecule has 0 amide bonds. The van der Waals surface area contributed by atoms with Gasteiger partial charge in [0.25, 0.3) is 0 Å². The van der Waals surface area contributed by atoms with Crippen LogP contribution in [0.15, 0.2) is 27.7 Å². The van der Waals surface area contributed by atoms with E-state index < -0.39 is 0 Å². The fraction of sp³-hybridized carbons (Fsp3) is 0.200. The number of nitrogens with zero attached hydrogens (tertiary/aromatic N) is 3. The fourth-order valence-corrected chi connectivity index (χ4v) is 1.25. The maximum absolute atomic E-state index is 8.85. The number of hydrogen-bond acceptors (Lipinski definition) is 2. The van der Waals surface area contributed by atoms with E-state index in [1.165, 1.54) is 0 Å². The summed E-state index contributed by atoms with van der Waals surface area (Å²) in [7, 11) is 3.77. The number of benzene rings is 1. The minimum absolute atomic E-state index is 0.567. The van der Waals surface area contributed by atoms with Crippen molar-refractivity contribution in [3.63, 3.8) is 0 Å². The van der Waals surface area contributed by atoms with E-state index in [0.717, 1.165) is 4.47 Å². The molecule has 1 aromatic rings. The Labute approximate surface area is 91.8 Å². The van der Waals surface area contributed by atoms with Crippen molar-refractivity contribution < 1.29 is 0 Å². The second kappa shape index (κ2) is 4.77. The molecule has 0 radical (unpaired) electrons. The summed E-state index contributed by atoms with van der Waals surface area (Å²) in [5.41, 5.74) is 1.25. The molecule has 0 saturated carbocycles. The van der Waals surface area contributed by atoms with Gasteiger partial charge in [0.05, 0.1) is 17.6 Å². The predicted molar refractivity (Wildman–Crippen MR) is 60.7 cm³/mol. The van der Waals surface area contributed by atoms with Crippen LogP contribution < -0.4 is 0 Å². The lowest BCUT2D eigenvalue weighted by atomic mass is 10.2. The zero-order chi connectivity index (χ0) is 10.6. The summed E-state index contributed by atoms with van der Waals surface area (Å²) < 4.78 is 0.887. The van der Waals surface area contributed by atoms with Gasteiger partial charge >= 0.3 is 0 Å². The molecule has 0 N–H and O–H groups in total. The molecule has 0 unspecified atom stereocenters. The second-order valence-electron chi connectivity index (χ2n) is 2.98. The highest BCUT2D eigenvalue weighted by Gasteiger charge is 1.99. The van der Waals surface area contributed by atoms with Crippen LogP contribution in [0.25, 0.3) is 0 Å². The average Bonchev–Trinajstić information content (AvgIpc) is 2.15. The van der Waals surface area contributed by atoms with E-state index in [1.807, 2.05) is 31.1 Å². The smallest absolute Gasteiger partial charge is 0.101 e. The van der Waals surface area contributed by atoms with Crippen LogP contribution in [0, 0.1) is 11.3 Å². The van der Waals surface area contributed by atoms with Gasteiger partial charge in [-0.3, -0.25) is 0 Å². The van der Waals surface area contributed by atoms with E-state index in [1.54, 1.807) is 12.4 Å². The Bertz CT molecular complexity index is 391. The molecule has 72 valence electrons. The third-order valence-corrected chi connectivity index (χ3v) is 2.00. The average molecular weight is 252 g/mol. The summed E-state index contributed by atoms with van der Waals surface area (Å²) in [4.78, 5) is 6.00. The van der Waals surface area contributed by atoms with Crippen molar-refractivity contribution in [1.29, 1.82) is 5.26 Å². The van der Waals surface area contributed by atoms with Crippen LogP contribution in [0.5, 0.6) is 0 Å². The molecule has 0 bridgehead atoms. The van der Waals surface area contributed by atoms with E-state index >= 15 is 0 Å². The molecule has 1 rings (SSSR count). The molecule has 0 aromatic heterocycles. The summed E-state index contributed by atoms with van der Waals surface area (Å²) >= 11 is 3.30. The van der Waals surface area contributed by atoms with Gasteiger partial charge in [0.2, 0.25) is 0 Å². The first-order valence-electron chi connectivity index (χ1n) is 4.04. The molecule has 14 heavy (non-hydrogen) atoms. The van der Waals surface area contributed by atoms with Gasteiger partial charge in [-0.05, 0) is 18.2 Å². The molecule has 3 nitrogen and oxygen atoms in total. The highest BCUT2D eigenvalue weighted by molar-refractivity contribution is 9.10. The molecule has 0 saturated heterocycles. The summed E-state index contributed by atoms with van der Waals surface area (Å²) in [5, 5.41) is 8.85. The maximum atomic E-state index is 8.85. The zero-order valence-corrected chi connectivity index (χ0v) is 9.62. The lowest BCUT2D eigenvalue weighted by Crippen LogP contribution is -2.07. The normalized spacial score (nSPS) is 10.1. The number of aliphatic imine (C=N–C) groups is 1. The van der Waals surface area contributed by atoms with E-state index in [0.29, 0.717) is 11.3 Å². The number of halogens is 1. The number of rotatable bonds is 2. The topological polar surface area (TPSA) is 39.4 Å². The van der Waals surface area contributed by atoms with Crippen molar-refractivity contribution in [2.24, 2.45) is 4.99 Å². The Balaban J connectivity index is 3.04. The Morgan fingerprint density at radius 1 is 1.50 bits per heavy atom. The molecular formula is C10H10BrN3. The van der Waals surface area contributed by atoms with Crippen LogP contribution in [0.2, 0.25) is 0 Å². The molecule has 0 aliphatic heterocycles. The van der Waals surface area contributed by atoms with Gasteiger partial charge in [0.1, 0.15) is 6.07 Å². The summed E-state index contributed by atoms with van der Waals surface area (Å²) in [6, 6.07) is 7.52. The molecule has 4 heteroatoms. The monoisotopic (exact) mass is 251 g/mol. The molecule has 0 atom stereocenters. The van der Waals surface area contributed by atoms with Crippen LogP contribution in [-0.2, 0) is 0 Å². The molecule has 0 aliphatic carbocycles. The fourth-order valence-electron chi connectivity index (χ4n) is 0.888. The van der Waals surface area contributed by atoms with Crippen LogP contribution in [0.3, 0.4) is 0 Å². The van der Waals surface area contributed by atoms with Crippen molar-refractivity contribution >= 4 is 28.0 Å². The maximum Gasteiger partial charge on any atom is 0.101 e. The van der Waals surface area contributed by atoms with E-state index in [2.05, 4.69) is 27.0 Å². The van der Waals surface area contributed by atoms with Crippen molar-refractivity contribution in [2.75, 3.05) is 14.1 Å². The lowest BCUT2D eigenvalue weighted by Gasteiger charge is -2.03. The van der Waals surface area contributed by atoms with E-state index in [4.69, 9.17) is 5.26 Å². The van der Waals surface area contributed by atoms with Crippen molar-refractivity contribution in [3.8, 4) is 6.07 Å². The Kier molecular flexibility index (Phi) is 3.66. The highest BCUT2D eigenvalue weighted by Crippen LogP contribution is 2.22. The molecule has 0 aliphatic rings. The Hall–Kier alpha value is -1.34. The molecule has 0 heterocycles. The standard InChI is InChI=1S/C10H10BrN3/c1-14(2)7-13-10-4-3-9(11)5-8(10)6-12/h3-5,7H,1-2H3/b13-7-. The third-order valence-electron chi connectivity index (χ3n) is 1.51. The van der Waals surface area contributed by atoms with Crippen LogP contribution in [0.4, 0.5) is 5.69 Å². The van der Waals surface area contributed by atoms with Gasteiger partial charge in [-0.2, -0.15) is 5.26 Å². The number of nitriles is 1. The van der Waals surface area contributed by atoms with E-state index in [-0.39, 0.29) is 0 Å². The third kappa shape index (κ3) is 2.86. The SMILES string of the molecule is CN(C)/C=N\c1ccc(Br)cc1C#N. The van der Waals surface area contributed by atoms with Gasteiger partial charge in [-0.25, -0.2) is 4.99 Å². The quantitative estimate of drug-likeness (QED) is 0.599. The molecule has 0 spiro atoms. The predicted octanol–water partition coefficient (Wildman–Crippen LogP) is 2.54. The van der Waals surface area contributed by atoms with Gasteiger partial charge in [0.15, 0.2) is 0 Å². The second-order valence-corrected chi connectivity index (χ2v) is 3.90. The Morgan fingerprint density at radius 3 is 2.79 bits per heavy atom. The van der Waals surface area contributed by atoms with Gasteiger partial charge in [-0.1, -0.05) is 15.9 Å². The van der Waals surface area contributed by atoms with Gasteiger partial charge in [-0.15, -0.1) is 0 Å². The summed E-state index contributed by atoms with van der Waals surface area (Å²) in [5.74, 6) is 0. The first-order valence-corrected chi connectivity index (χ1v) is 4.83. The number of hydrogen-bond donors (Lipinski definition) is 0. The van der Waals surface area contributed by atoms with Gasteiger partial charge < -0.3 is 4.90 Å². The largest absolute Gasteiger partial charge is 0.369 e. The molecule has 1 aromatic carbocycles. The first-order chi connectivity index (χ1) is 6.63. The Morgan fingerprint density at radius 2 is 2.21 bits per heavy atom. The van der Waals surface area contributed by atoms with Crippen LogP contribution in [0.1, 0.15) is 5.56 Å². The van der Waals surface area contributed by atoms with Crippen molar-refractivity contribution in [3.05, 3.63) is 28.2 Å². The lowest BCUT2D eigenvalue weighted by molar-refractivity contribution is 0.643. The van der Waals surface area contributed by atoms with E-state index in [9.17, 15) is 0 Å². The molecule has 0 fully saturated rings. The molecular weight excluding hydrogens is 242 g/mol. The minimum Gasteiger partial charge on any atom is -0.369 e. The van der Waals surface area contributed by atoms with Gasteiger partial charge in [0, 0.05) is 18.6 Å². The zero-order valence-electron chi connectivity index (χ0n) is 8.03. The first kappa shape index (κ1) is 10.7. The van der Waals surface area contributed by atoms with Crippen LogP contribution >= 0.6 is 15.9 Å². The summed E-state index contributed by atoms with van der Waals surface area (Å²) in [6.45, 7) is 0. The van der Waals surface area contributed by atoms with Crippen molar-refractivity contribution in [2.45, 2.75) is 0 Å². The highest BCUT2D eigenvalue weighted by atomic mass is 79.9. The summed E-state index contributed by atoms with van der Waals surface area (Å²) in [6.07, 6.45) is 1.67. The van der Waals surface area contributed by atoms with Crippen molar-refractivity contribution in [1.82, 2.24) is 4.90 Å². The minimum atomic E-state index is 0.567. The van der Waals surface area contributed by atoms with Crippen LogP contribution in [-0.4, -0.2) is 25.3 Å².